The predicted molar refractivity (Wildman–Crippen MR) is 78.0 cm³/mol. The lowest BCUT2D eigenvalue weighted by Crippen LogP contribution is -2.52. The molecule has 0 spiro atoms. The first-order valence-electron chi connectivity index (χ1n) is 8.00. The maximum atomic E-state index is 3.71. The van der Waals surface area contributed by atoms with Crippen LogP contribution in [0.1, 0.15) is 39.5 Å². The lowest BCUT2D eigenvalue weighted by atomic mass is 9.90. The van der Waals surface area contributed by atoms with Crippen molar-refractivity contribution >= 4 is 0 Å². The average Bonchev–Trinajstić information content (AvgIpc) is 2.42. The second-order valence-electron chi connectivity index (χ2n) is 6.09. The molecule has 0 saturated carbocycles. The molecule has 2 aliphatic heterocycles. The number of hydrogen-bond acceptors (Lipinski definition) is 3. The highest BCUT2D eigenvalue weighted by atomic mass is 15.3. The zero-order chi connectivity index (χ0) is 12.8. The lowest BCUT2D eigenvalue weighted by Gasteiger charge is -2.38. The molecule has 18 heavy (non-hydrogen) atoms. The summed E-state index contributed by atoms with van der Waals surface area (Å²) in [4.78, 5) is 5.28. The van der Waals surface area contributed by atoms with Crippen molar-refractivity contribution in [2.45, 2.75) is 45.6 Å². The molecule has 2 aliphatic rings. The van der Waals surface area contributed by atoms with Gasteiger partial charge in [-0.25, -0.2) is 0 Å². The van der Waals surface area contributed by atoms with Gasteiger partial charge in [0.15, 0.2) is 0 Å². The van der Waals surface area contributed by atoms with E-state index in [0.29, 0.717) is 0 Å². The highest BCUT2D eigenvalue weighted by molar-refractivity contribution is 4.82. The quantitative estimate of drug-likeness (QED) is 0.806. The summed E-state index contributed by atoms with van der Waals surface area (Å²) in [5, 5.41) is 3.71. The third kappa shape index (κ3) is 4.22. The molecule has 0 radical (unpaired) electrons. The SMILES string of the molecule is CCCN1CCN(CC2CC(CC)CCN2)CC1. The third-order valence-electron chi connectivity index (χ3n) is 4.66. The van der Waals surface area contributed by atoms with Gasteiger partial charge >= 0.3 is 0 Å². The van der Waals surface area contributed by atoms with E-state index in [-0.39, 0.29) is 0 Å². The fourth-order valence-corrected chi connectivity index (χ4v) is 3.43. The van der Waals surface area contributed by atoms with E-state index >= 15 is 0 Å². The molecule has 0 amide bonds. The van der Waals surface area contributed by atoms with Gasteiger partial charge in [-0.2, -0.15) is 0 Å². The van der Waals surface area contributed by atoms with Crippen molar-refractivity contribution in [2.24, 2.45) is 5.92 Å². The van der Waals surface area contributed by atoms with Gasteiger partial charge in [0, 0.05) is 38.8 Å². The summed E-state index contributed by atoms with van der Waals surface area (Å²) >= 11 is 0. The number of rotatable bonds is 5. The molecule has 0 aliphatic carbocycles. The summed E-state index contributed by atoms with van der Waals surface area (Å²) in [6.45, 7) is 13.5. The van der Waals surface area contributed by atoms with Crippen molar-refractivity contribution < 1.29 is 0 Å². The molecule has 2 fully saturated rings. The molecular weight excluding hydrogens is 222 g/mol. The van der Waals surface area contributed by atoms with Crippen molar-refractivity contribution in [2.75, 3.05) is 45.8 Å². The zero-order valence-electron chi connectivity index (χ0n) is 12.3. The Bertz CT molecular complexity index is 224. The van der Waals surface area contributed by atoms with E-state index in [0.717, 1.165) is 12.0 Å². The number of piperazine rings is 1. The van der Waals surface area contributed by atoms with Crippen LogP contribution in [-0.2, 0) is 0 Å². The van der Waals surface area contributed by atoms with Crippen LogP contribution in [0.2, 0.25) is 0 Å². The zero-order valence-corrected chi connectivity index (χ0v) is 12.3. The first-order chi connectivity index (χ1) is 8.81. The number of hydrogen-bond donors (Lipinski definition) is 1. The van der Waals surface area contributed by atoms with E-state index in [1.165, 1.54) is 71.5 Å². The first kappa shape index (κ1) is 14.3. The smallest absolute Gasteiger partial charge is 0.0197 e. The Balaban J connectivity index is 1.67. The average molecular weight is 253 g/mol. The van der Waals surface area contributed by atoms with Crippen molar-refractivity contribution in [3.05, 3.63) is 0 Å². The molecule has 0 aromatic rings. The van der Waals surface area contributed by atoms with Gasteiger partial charge in [-0.3, -0.25) is 4.90 Å². The molecule has 0 bridgehead atoms. The van der Waals surface area contributed by atoms with E-state index in [1.54, 1.807) is 0 Å². The summed E-state index contributed by atoms with van der Waals surface area (Å²) in [5.74, 6) is 0.970. The predicted octanol–water partition coefficient (Wildman–Crippen LogP) is 1.79. The molecule has 106 valence electrons. The van der Waals surface area contributed by atoms with E-state index in [1.807, 2.05) is 0 Å². The van der Waals surface area contributed by atoms with Gasteiger partial charge in [0.05, 0.1) is 0 Å². The molecule has 1 N–H and O–H groups in total. The Labute approximate surface area is 113 Å². The largest absolute Gasteiger partial charge is 0.313 e. The van der Waals surface area contributed by atoms with Crippen LogP contribution in [0.5, 0.6) is 0 Å². The van der Waals surface area contributed by atoms with Crippen molar-refractivity contribution in [3.63, 3.8) is 0 Å². The van der Waals surface area contributed by atoms with Crippen LogP contribution < -0.4 is 5.32 Å². The second-order valence-corrected chi connectivity index (χ2v) is 6.09. The normalized spacial score (nSPS) is 31.7. The summed E-state index contributed by atoms with van der Waals surface area (Å²) in [5.41, 5.74) is 0. The van der Waals surface area contributed by atoms with Crippen LogP contribution >= 0.6 is 0 Å². The number of piperidine rings is 1. The fraction of sp³-hybridized carbons (Fsp3) is 1.00. The van der Waals surface area contributed by atoms with Gasteiger partial charge in [0.25, 0.3) is 0 Å². The summed E-state index contributed by atoms with van der Waals surface area (Å²) in [6, 6.07) is 0.751. The molecule has 2 atom stereocenters. The van der Waals surface area contributed by atoms with Crippen molar-refractivity contribution in [1.82, 2.24) is 15.1 Å². The van der Waals surface area contributed by atoms with E-state index < -0.39 is 0 Å². The van der Waals surface area contributed by atoms with Gasteiger partial charge in [0.1, 0.15) is 0 Å². The minimum Gasteiger partial charge on any atom is -0.313 e. The molecule has 3 nitrogen and oxygen atoms in total. The summed E-state index contributed by atoms with van der Waals surface area (Å²) in [6.07, 6.45) is 5.44. The molecule has 2 unspecified atom stereocenters. The number of nitrogens with zero attached hydrogens (tertiary/aromatic N) is 2. The van der Waals surface area contributed by atoms with E-state index in [4.69, 9.17) is 0 Å². The van der Waals surface area contributed by atoms with Crippen molar-refractivity contribution in [3.8, 4) is 0 Å². The Morgan fingerprint density at radius 1 is 1.06 bits per heavy atom. The minimum absolute atomic E-state index is 0.751. The number of nitrogens with one attached hydrogen (secondary N) is 1. The maximum absolute atomic E-state index is 3.71. The molecular formula is C15H31N3. The van der Waals surface area contributed by atoms with Crippen LogP contribution in [0.15, 0.2) is 0 Å². The molecule has 2 saturated heterocycles. The highest BCUT2D eigenvalue weighted by Gasteiger charge is 2.24. The van der Waals surface area contributed by atoms with Gasteiger partial charge < -0.3 is 10.2 Å². The van der Waals surface area contributed by atoms with Crippen LogP contribution in [0.4, 0.5) is 0 Å². The lowest BCUT2D eigenvalue weighted by molar-refractivity contribution is 0.114. The Kier molecular flexibility index (Phi) is 5.93. The monoisotopic (exact) mass is 253 g/mol. The standard InChI is InChI=1S/C15H31N3/c1-3-7-17-8-10-18(11-9-17)13-15-12-14(4-2)5-6-16-15/h14-16H,3-13H2,1-2H3. The molecule has 3 heteroatoms. The Morgan fingerprint density at radius 2 is 1.78 bits per heavy atom. The third-order valence-corrected chi connectivity index (χ3v) is 4.66. The maximum Gasteiger partial charge on any atom is 0.0197 e. The topological polar surface area (TPSA) is 18.5 Å². The Morgan fingerprint density at radius 3 is 2.44 bits per heavy atom. The van der Waals surface area contributed by atoms with E-state index in [9.17, 15) is 0 Å². The summed E-state index contributed by atoms with van der Waals surface area (Å²) in [7, 11) is 0. The van der Waals surface area contributed by atoms with Gasteiger partial charge in [-0.15, -0.1) is 0 Å². The van der Waals surface area contributed by atoms with Crippen LogP contribution in [0.3, 0.4) is 0 Å². The van der Waals surface area contributed by atoms with Crippen molar-refractivity contribution in [1.29, 1.82) is 0 Å². The van der Waals surface area contributed by atoms with E-state index in [2.05, 4.69) is 29.0 Å². The van der Waals surface area contributed by atoms with Gasteiger partial charge in [0.2, 0.25) is 0 Å². The Hall–Kier alpha value is -0.120. The minimum atomic E-state index is 0.751. The first-order valence-corrected chi connectivity index (χ1v) is 8.00. The van der Waals surface area contributed by atoms with Crippen LogP contribution in [0, 0.1) is 5.92 Å². The molecule has 2 rings (SSSR count). The fourth-order valence-electron chi connectivity index (χ4n) is 3.43. The van der Waals surface area contributed by atoms with Crippen LogP contribution in [-0.4, -0.2) is 61.7 Å². The molecule has 2 heterocycles. The second kappa shape index (κ2) is 7.46. The molecule has 0 aromatic carbocycles. The van der Waals surface area contributed by atoms with Crippen LogP contribution in [0.25, 0.3) is 0 Å². The van der Waals surface area contributed by atoms with Gasteiger partial charge in [-0.1, -0.05) is 20.3 Å². The molecule has 0 aromatic heterocycles. The van der Waals surface area contributed by atoms with Gasteiger partial charge in [-0.05, 0) is 38.3 Å². The summed E-state index contributed by atoms with van der Waals surface area (Å²) < 4.78 is 0. The highest BCUT2D eigenvalue weighted by Crippen LogP contribution is 2.20.